The molecule has 1 aromatic carbocycles. The van der Waals surface area contributed by atoms with Crippen molar-refractivity contribution >= 4 is 0 Å². The predicted octanol–water partition coefficient (Wildman–Crippen LogP) is 3.77. The summed E-state index contributed by atoms with van der Waals surface area (Å²) in [6.45, 7) is 7.91. The van der Waals surface area contributed by atoms with Gasteiger partial charge in [0.05, 0.1) is 12.8 Å². The monoisotopic (exact) mass is 342 g/mol. The van der Waals surface area contributed by atoms with E-state index in [2.05, 4.69) is 28.5 Å². The molecule has 132 valence electrons. The van der Waals surface area contributed by atoms with Gasteiger partial charge in [0.1, 0.15) is 5.82 Å². The number of halogens is 1. The first kappa shape index (κ1) is 17.2. The maximum atomic E-state index is 13.6. The third-order valence-electron chi connectivity index (χ3n) is 4.56. The van der Waals surface area contributed by atoms with E-state index in [0.29, 0.717) is 0 Å². The molecule has 0 N–H and O–H groups in total. The van der Waals surface area contributed by atoms with Crippen molar-refractivity contribution < 1.29 is 9.13 Å². The molecule has 0 atom stereocenters. The van der Waals surface area contributed by atoms with E-state index >= 15 is 0 Å². The van der Waals surface area contributed by atoms with Gasteiger partial charge in [-0.2, -0.15) is 5.10 Å². The van der Waals surface area contributed by atoms with Crippen LogP contribution in [0.25, 0.3) is 11.4 Å². The van der Waals surface area contributed by atoms with E-state index in [1.165, 1.54) is 24.4 Å². The minimum Gasteiger partial charge on any atom is -0.494 e. The fourth-order valence-electron chi connectivity index (χ4n) is 3.18. The summed E-state index contributed by atoms with van der Waals surface area (Å²) in [5.41, 5.74) is 4.40. The standard InChI is InChI=1S/C19H23FN4O/c1-5-24-14(3)16(13(2)22-24)8-10-23-11-9-21-19(23)15-6-7-17(20)18(12-15)25-4/h6-7,9,11-12H,5,8,10H2,1-4H3. The van der Waals surface area contributed by atoms with Gasteiger partial charge in [-0.15, -0.1) is 0 Å². The zero-order valence-corrected chi connectivity index (χ0v) is 15.1. The number of aryl methyl sites for hydroxylation is 3. The van der Waals surface area contributed by atoms with Gasteiger partial charge in [-0.05, 0) is 51.0 Å². The van der Waals surface area contributed by atoms with Gasteiger partial charge in [0.25, 0.3) is 0 Å². The lowest BCUT2D eigenvalue weighted by molar-refractivity contribution is 0.386. The van der Waals surface area contributed by atoms with Gasteiger partial charge in [-0.3, -0.25) is 4.68 Å². The zero-order chi connectivity index (χ0) is 18.0. The van der Waals surface area contributed by atoms with Crippen LogP contribution >= 0.6 is 0 Å². The van der Waals surface area contributed by atoms with Crippen LogP contribution in [0.5, 0.6) is 5.75 Å². The van der Waals surface area contributed by atoms with Crippen molar-refractivity contribution in [1.29, 1.82) is 0 Å². The number of hydrogen-bond acceptors (Lipinski definition) is 3. The smallest absolute Gasteiger partial charge is 0.165 e. The Morgan fingerprint density at radius 3 is 2.72 bits per heavy atom. The highest BCUT2D eigenvalue weighted by Crippen LogP contribution is 2.26. The minimum atomic E-state index is -0.373. The Labute approximate surface area is 147 Å². The first-order valence-corrected chi connectivity index (χ1v) is 8.43. The lowest BCUT2D eigenvalue weighted by Crippen LogP contribution is -2.05. The van der Waals surface area contributed by atoms with Crippen LogP contribution < -0.4 is 4.74 Å². The Balaban J connectivity index is 1.85. The minimum absolute atomic E-state index is 0.225. The van der Waals surface area contributed by atoms with Crippen LogP contribution in [0, 0.1) is 19.7 Å². The zero-order valence-electron chi connectivity index (χ0n) is 15.1. The lowest BCUT2D eigenvalue weighted by Gasteiger charge is -2.10. The molecule has 2 aromatic heterocycles. The molecule has 0 aliphatic heterocycles. The van der Waals surface area contributed by atoms with Crippen molar-refractivity contribution in [2.24, 2.45) is 0 Å². The van der Waals surface area contributed by atoms with E-state index in [1.54, 1.807) is 18.3 Å². The summed E-state index contributed by atoms with van der Waals surface area (Å²) < 4.78 is 22.8. The van der Waals surface area contributed by atoms with E-state index in [-0.39, 0.29) is 11.6 Å². The first-order chi connectivity index (χ1) is 12.0. The van der Waals surface area contributed by atoms with Gasteiger partial charge >= 0.3 is 0 Å². The van der Waals surface area contributed by atoms with Crippen LogP contribution in [0.4, 0.5) is 4.39 Å². The Bertz CT molecular complexity index is 882. The number of hydrogen-bond donors (Lipinski definition) is 0. The van der Waals surface area contributed by atoms with Crippen molar-refractivity contribution in [3.8, 4) is 17.1 Å². The Kier molecular flexibility index (Phi) is 4.88. The number of nitrogens with zero attached hydrogens (tertiary/aromatic N) is 4. The van der Waals surface area contributed by atoms with Crippen LogP contribution in [0.3, 0.4) is 0 Å². The van der Waals surface area contributed by atoms with Crippen molar-refractivity contribution in [2.45, 2.75) is 40.3 Å². The molecule has 0 saturated carbocycles. The van der Waals surface area contributed by atoms with Crippen molar-refractivity contribution in [2.75, 3.05) is 7.11 Å². The topological polar surface area (TPSA) is 44.9 Å². The molecule has 3 rings (SSSR count). The largest absolute Gasteiger partial charge is 0.494 e. The number of benzene rings is 1. The Hall–Kier alpha value is -2.63. The molecule has 0 aliphatic rings. The predicted molar refractivity (Wildman–Crippen MR) is 95.3 cm³/mol. The van der Waals surface area contributed by atoms with E-state index in [1.807, 2.05) is 17.8 Å². The van der Waals surface area contributed by atoms with E-state index < -0.39 is 0 Å². The van der Waals surface area contributed by atoms with Gasteiger partial charge in [0.15, 0.2) is 11.6 Å². The van der Waals surface area contributed by atoms with Gasteiger partial charge < -0.3 is 9.30 Å². The van der Waals surface area contributed by atoms with Crippen LogP contribution in [0.15, 0.2) is 30.6 Å². The average Bonchev–Trinajstić information content (AvgIpc) is 3.18. The fraction of sp³-hybridized carbons (Fsp3) is 0.368. The second-order valence-corrected chi connectivity index (χ2v) is 6.01. The van der Waals surface area contributed by atoms with Crippen LogP contribution in [0.2, 0.25) is 0 Å². The summed E-state index contributed by atoms with van der Waals surface area (Å²) in [6.07, 6.45) is 4.58. The molecule has 0 saturated heterocycles. The van der Waals surface area contributed by atoms with Crippen LogP contribution in [0.1, 0.15) is 23.9 Å². The van der Waals surface area contributed by atoms with Gasteiger partial charge in [0, 0.05) is 36.7 Å². The number of ether oxygens (including phenoxy) is 1. The van der Waals surface area contributed by atoms with E-state index in [4.69, 9.17) is 4.74 Å². The maximum absolute atomic E-state index is 13.6. The lowest BCUT2D eigenvalue weighted by atomic mass is 10.1. The average molecular weight is 342 g/mol. The van der Waals surface area contributed by atoms with Crippen molar-refractivity contribution in [3.05, 3.63) is 53.4 Å². The number of imidazole rings is 1. The molecule has 0 bridgehead atoms. The maximum Gasteiger partial charge on any atom is 0.165 e. The summed E-state index contributed by atoms with van der Waals surface area (Å²) >= 11 is 0. The van der Waals surface area contributed by atoms with Crippen molar-refractivity contribution in [1.82, 2.24) is 19.3 Å². The number of aromatic nitrogens is 4. The third-order valence-corrected chi connectivity index (χ3v) is 4.56. The highest BCUT2D eigenvalue weighted by molar-refractivity contribution is 5.58. The summed E-state index contributed by atoms with van der Waals surface area (Å²) in [4.78, 5) is 4.43. The molecule has 0 amide bonds. The van der Waals surface area contributed by atoms with Gasteiger partial charge in [-0.25, -0.2) is 9.37 Å². The highest BCUT2D eigenvalue weighted by Gasteiger charge is 2.13. The van der Waals surface area contributed by atoms with Gasteiger partial charge in [-0.1, -0.05) is 0 Å². The molecular formula is C19H23FN4O. The second kappa shape index (κ2) is 7.09. The SMILES string of the molecule is CCn1nc(C)c(CCn2ccnc2-c2ccc(F)c(OC)c2)c1C. The Morgan fingerprint density at radius 1 is 1.24 bits per heavy atom. The van der Waals surface area contributed by atoms with E-state index in [9.17, 15) is 4.39 Å². The molecule has 0 aliphatic carbocycles. The van der Waals surface area contributed by atoms with Gasteiger partial charge in [0.2, 0.25) is 0 Å². The molecule has 5 nitrogen and oxygen atoms in total. The van der Waals surface area contributed by atoms with E-state index in [0.717, 1.165) is 36.6 Å². The molecular weight excluding hydrogens is 319 g/mol. The summed E-state index contributed by atoms with van der Waals surface area (Å²) in [6, 6.07) is 4.81. The molecule has 0 fully saturated rings. The van der Waals surface area contributed by atoms with Crippen LogP contribution in [-0.4, -0.2) is 26.4 Å². The quantitative estimate of drug-likeness (QED) is 0.685. The molecule has 0 spiro atoms. The molecule has 0 radical (unpaired) electrons. The van der Waals surface area contributed by atoms with Crippen molar-refractivity contribution in [3.63, 3.8) is 0 Å². The van der Waals surface area contributed by atoms with Crippen LogP contribution in [-0.2, 0) is 19.5 Å². The molecule has 25 heavy (non-hydrogen) atoms. The third kappa shape index (κ3) is 3.29. The molecule has 2 heterocycles. The normalized spacial score (nSPS) is 11.1. The summed E-state index contributed by atoms with van der Waals surface area (Å²) in [5.74, 6) is 0.655. The summed E-state index contributed by atoms with van der Waals surface area (Å²) in [5, 5.41) is 4.58. The Morgan fingerprint density at radius 2 is 2.04 bits per heavy atom. The highest BCUT2D eigenvalue weighted by atomic mass is 19.1. The fourth-order valence-corrected chi connectivity index (χ4v) is 3.18. The number of rotatable bonds is 6. The first-order valence-electron chi connectivity index (χ1n) is 8.43. The molecule has 3 aromatic rings. The summed E-state index contributed by atoms with van der Waals surface area (Å²) in [7, 11) is 1.46. The number of methoxy groups -OCH3 is 1. The molecule has 6 heteroatoms. The molecule has 0 unspecified atom stereocenters. The second-order valence-electron chi connectivity index (χ2n) is 6.01.